The van der Waals surface area contributed by atoms with E-state index in [2.05, 4.69) is 16.8 Å². The van der Waals surface area contributed by atoms with Gasteiger partial charge in [0.25, 0.3) is 0 Å². The molecule has 1 heterocycles. The van der Waals surface area contributed by atoms with E-state index in [0.717, 1.165) is 39.1 Å². The first-order valence-electron chi connectivity index (χ1n) is 7.91. The van der Waals surface area contributed by atoms with Crippen molar-refractivity contribution >= 4 is 36.8 Å². The fourth-order valence-electron chi connectivity index (χ4n) is 2.48. The number of benzene rings is 1. The second-order valence-electron chi connectivity index (χ2n) is 5.72. The molecular weight excluding hydrogens is 367 g/mol. The van der Waals surface area contributed by atoms with Gasteiger partial charge in [0.1, 0.15) is 11.3 Å². The van der Waals surface area contributed by atoms with Crippen LogP contribution in [0.4, 0.5) is 0 Å². The fourth-order valence-corrected chi connectivity index (χ4v) is 2.48. The van der Waals surface area contributed by atoms with Crippen LogP contribution < -0.4 is 4.74 Å². The average molecular weight is 393 g/mol. The molecule has 1 aliphatic rings. The van der Waals surface area contributed by atoms with Crippen LogP contribution in [0, 0.1) is 0 Å². The van der Waals surface area contributed by atoms with Gasteiger partial charge in [-0.1, -0.05) is 12.1 Å². The van der Waals surface area contributed by atoms with Crippen LogP contribution >= 0.6 is 24.8 Å². The third-order valence-corrected chi connectivity index (χ3v) is 3.81. The molecule has 0 unspecified atom stereocenters. The number of hydrogen-bond acceptors (Lipinski definition) is 6. The highest BCUT2D eigenvalue weighted by molar-refractivity contribution is 5.93. The van der Waals surface area contributed by atoms with Gasteiger partial charge in [0.05, 0.1) is 6.61 Å². The first-order valence-corrected chi connectivity index (χ1v) is 7.91. The van der Waals surface area contributed by atoms with Crippen molar-refractivity contribution in [3.05, 3.63) is 29.8 Å². The van der Waals surface area contributed by atoms with Crippen molar-refractivity contribution in [1.29, 1.82) is 0 Å². The molecule has 0 aromatic heterocycles. The first kappa shape index (κ1) is 23.7. The Morgan fingerprint density at radius 1 is 1.08 bits per heavy atom. The summed E-state index contributed by atoms with van der Waals surface area (Å²) < 4.78 is 10.3. The summed E-state index contributed by atoms with van der Waals surface area (Å²) in [6.45, 7) is 6.86. The van der Waals surface area contributed by atoms with Gasteiger partial charge < -0.3 is 19.3 Å². The lowest BCUT2D eigenvalue weighted by molar-refractivity contribution is -0.131. The van der Waals surface area contributed by atoms with Gasteiger partial charge in [0.2, 0.25) is 0 Å². The number of carbonyl (C=O) groups excluding carboxylic acids is 2. The molecule has 0 saturated carbocycles. The van der Waals surface area contributed by atoms with Gasteiger partial charge in [-0.25, -0.2) is 4.79 Å². The van der Waals surface area contributed by atoms with E-state index in [-0.39, 0.29) is 36.1 Å². The maximum atomic E-state index is 12.1. The van der Waals surface area contributed by atoms with Crippen LogP contribution in [0.3, 0.4) is 0 Å². The van der Waals surface area contributed by atoms with Crippen LogP contribution in [0.5, 0.6) is 5.75 Å². The fraction of sp³-hybridized carbons (Fsp3) is 0.529. The van der Waals surface area contributed by atoms with E-state index in [4.69, 9.17) is 9.47 Å². The van der Waals surface area contributed by atoms with Gasteiger partial charge in [0.15, 0.2) is 0 Å². The molecule has 25 heavy (non-hydrogen) atoms. The number of carbonyl (C=O) groups is 2. The van der Waals surface area contributed by atoms with Gasteiger partial charge in [-0.15, -0.1) is 24.8 Å². The zero-order valence-corrected chi connectivity index (χ0v) is 16.2. The number of likely N-dealkylation sites (N-methyl/N-ethyl adjacent to an activating group) is 1. The Hall–Kier alpha value is -1.34. The number of nitrogens with zero attached hydrogens (tertiary/aromatic N) is 2. The Morgan fingerprint density at radius 3 is 2.36 bits per heavy atom. The predicted molar refractivity (Wildman–Crippen MR) is 101 cm³/mol. The maximum Gasteiger partial charge on any atom is 0.341 e. The Bertz CT molecular complexity index is 549. The number of hydrogen-bond donors (Lipinski definition) is 0. The van der Waals surface area contributed by atoms with Gasteiger partial charge >= 0.3 is 11.9 Å². The molecular formula is C17H26Cl2N2O4. The molecule has 1 aromatic carbocycles. The SMILES string of the molecule is CC(=O)Oc1ccccc1C(=O)OCCCN1CCN(C)CC1.Cl.Cl. The molecule has 1 aromatic rings. The van der Waals surface area contributed by atoms with Crippen molar-refractivity contribution in [3.63, 3.8) is 0 Å². The van der Waals surface area contributed by atoms with Crippen molar-refractivity contribution in [2.75, 3.05) is 46.4 Å². The number of para-hydroxylation sites is 1. The third kappa shape index (κ3) is 8.05. The molecule has 0 spiro atoms. The lowest BCUT2D eigenvalue weighted by atomic mass is 10.2. The number of piperazine rings is 1. The van der Waals surface area contributed by atoms with Crippen LogP contribution in [0.25, 0.3) is 0 Å². The summed E-state index contributed by atoms with van der Waals surface area (Å²) in [4.78, 5) is 27.9. The molecule has 0 N–H and O–H groups in total. The number of halogens is 2. The molecule has 0 bridgehead atoms. The standard InChI is InChI=1S/C17H24N2O4.2ClH/c1-14(20)23-16-7-4-3-6-15(16)17(21)22-13-5-8-19-11-9-18(2)10-12-19;;/h3-4,6-7H,5,8-13H2,1-2H3;2*1H. The molecule has 0 aliphatic carbocycles. The Kier molecular flexibility index (Phi) is 11.4. The Morgan fingerprint density at radius 2 is 1.72 bits per heavy atom. The molecule has 1 aliphatic heterocycles. The normalized spacial score (nSPS) is 14.8. The summed E-state index contributed by atoms with van der Waals surface area (Å²) >= 11 is 0. The molecule has 6 nitrogen and oxygen atoms in total. The molecule has 2 rings (SSSR count). The average Bonchev–Trinajstić information content (AvgIpc) is 2.53. The van der Waals surface area contributed by atoms with Crippen molar-refractivity contribution in [1.82, 2.24) is 9.80 Å². The van der Waals surface area contributed by atoms with Crippen LogP contribution in [-0.2, 0) is 9.53 Å². The van der Waals surface area contributed by atoms with E-state index in [1.807, 2.05) is 0 Å². The number of rotatable bonds is 6. The van der Waals surface area contributed by atoms with Crippen molar-refractivity contribution in [2.24, 2.45) is 0 Å². The zero-order valence-electron chi connectivity index (χ0n) is 14.6. The lowest BCUT2D eigenvalue weighted by Crippen LogP contribution is -2.44. The summed E-state index contributed by atoms with van der Waals surface area (Å²) in [6.07, 6.45) is 0.797. The number of ether oxygens (including phenoxy) is 2. The van der Waals surface area contributed by atoms with Crippen LogP contribution in [0.1, 0.15) is 23.7 Å². The third-order valence-electron chi connectivity index (χ3n) is 3.81. The smallest absolute Gasteiger partial charge is 0.341 e. The van der Waals surface area contributed by atoms with E-state index in [1.165, 1.54) is 6.92 Å². The van der Waals surface area contributed by atoms with Crippen LogP contribution in [0.2, 0.25) is 0 Å². The van der Waals surface area contributed by atoms with E-state index in [0.29, 0.717) is 6.61 Å². The summed E-state index contributed by atoms with van der Waals surface area (Å²) in [5.41, 5.74) is 0.280. The lowest BCUT2D eigenvalue weighted by Gasteiger charge is -2.32. The van der Waals surface area contributed by atoms with E-state index in [1.54, 1.807) is 24.3 Å². The minimum absolute atomic E-state index is 0. The molecule has 0 amide bonds. The maximum absolute atomic E-state index is 12.1. The van der Waals surface area contributed by atoms with Crippen molar-refractivity contribution < 1.29 is 19.1 Å². The van der Waals surface area contributed by atoms with Crippen molar-refractivity contribution in [3.8, 4) is 5.75 Å². The minimum atomic E-state index is -0.458. The predicted octanol–water partition coefficient (Wildman–Crippen LogP) is 2.25. The molecule has 1 saturated heterocycles. The summed E-state index contributed by atoms with van der Waals surface area (Å²) in [7, 11) is 2.12. The number of esters is 2. The summed E-state index contributed by atoms with van der Waals surface area (Å²) in [5, 5.41) is 0. The summed E-state index contributed by atoms with van der Waals surface area (Å²) in [5.74, 6) is -0.676. The van der Waals surface area contributed by atoms with E-state index < -0.39 is 11.9 Å². The monoisotopic (exact) mass is 392 g/mol. The van der Waals surface area contributed by atoms with Gasteiger partial charge in [0, 0.05) is 39.6 Å². The van der Waals surface area contributed by atoms with Crippen molar-refractivity contribution in [2.45, 2.75) is 13.3 Å². The van der Waals surface area contributed by atoms with Crippen LogP contribution in [-0.4, -0.2) is 68.1 Å². The Balaban J connectivity index is 0.00000288. The first-order chi connectivity index (χ1) is 11.1. The van der Waals surface area contributed by atoms with E-state index in [9.17, 15) is 9.59 Å². The molecule has 0 radical (unpaired) electrons. The van der Waals surface area contributed by atoms with Gasteiger partial charge in [-0.2, -0.15) is 0 Å². The molecule has 1 fully saturated rings. The topological polar surface area (TPSA) is 59.1 Å². The quantitative estimate of drug-likeness (QED) is 0.420. The van der Waals surface area contributed by atoms with E-state index >= 15 is 0 Å². The van der Waals surface area contributed by atoms with Gasteiger partial charge in [-0.3, -0.25) is 4.79 Å². The zero-order chi connectivity index (χ0) is 16.7. The van der Waals surface area contributed by atoms with Crippen LogP contribution in [0.15, 0.2) is 24.3 Å². The molecule has 8 heteroatoms. The van der Waals surface area contributed by atoms with Gasteiger partial charge in [-0.05, 0) is 25.6 Å². The minimum Gasteiger partial charge on any atom is -0.462 e. The second-order valence-corrected chi connectivity index (χ2v) is 5.72. The largest absolute Gasteiger partial charge is 0.462 e. The Labute approximate surface area is 161 Å². The summed E-state index contributed by atoms with van der Waals surface area (Å²) in [6, 6.07) is 6.61. The molecule has 142 valence electrons. The highest BCUT2D eigenvalue weighted by Crippen LogP contribution is 2.19. The molecule has 0 atom stereocenters. The highest BCUT2D eigenvalue weighted by Gasteiger charge is 2.16. The highest BCUT2D eigenvalue weighted by atomic mass is 35.5. The second kappa shape index (κ2) is 12.1.